The van der Waals surface area contributed by atoms with E-state index in [1.54, 1.807) is 0 Å². The van der Waals surface area contributed by atoms with Crippen LogP contribution in [0.5, 0.6) is 0 Å². The molecule has 1 aromatic rings. The van der Waals surface area contributed by atoms with Gasteiger partial charge in [-0.25, -0.2) is 4.98 Å². The Morgan fingerprint density at radius 1 is 1.50 bits per heavy atom. The van der Waals surface area contributed by atoms with Crippen LogP contribution in [0.3, 0.4) is 0 Å². The maximum Gasteiger partial charge on any atom is 0.212 e. The molecule has 1 unspecified atom stereocenters. The van der Waals surface area contributed by atoms with Crippen molar-refractivity contribution in [2.45, 2.75) is 11.7 Å². The lowest BCUT2D eigenvalue weighted by molar-refractivity contribution is 0.802. The number of guanidine groups is 1. The van der Waals surface area contributed by atoms with Crippen molar-refractivity contribution < 1.29 is 0 Å². The fourth-order valence-corrected chi connectivity index (χ4v) is 2.04. The minimum Gasteiger partial charge on any atom is -0.370 e. The van der Waals surface area contributed by atoms with Crippen molar-refractivity contribution in [3.63, 3.8) is 0 Å². The second-order valence-corrected chi connectivity index (χ2v) is 4.14. The van der Waals surface area contributed by atoms with Gasteiger partial charge in [0.2, 0.25) is 5.13 Å². The topological polar surface area (TPSA) is 103 Å². The highest BCUT2D eigenvalue weighted by Gasteiger charge is 2.09. The van der Waals surface area contributed by atoms with Gasteiger partial charge in [-0.15, -0.1) is 36.2 Å². The van der Waals surface area contributed by atoms with Crippen LogP contribution in [-0.4, -0.2) is 17.5 Å². The van der Waals surface area contributed by atoms with Crippen LogP contribution in [0.15, 0.2) is 10.4 Å². The van der Waals surface area contributed by atoms with Crippen LogP contribution < -0.4 is 17.2 Å². The first-order chi connectivity index (χ1) is 6.63. The number of thiol groups is 1. The number of nitrogens with two attached hydrogens (primary N) is 3. The molecule has 16 heavy (non-hydrogen) atoms. The minimum atomic E-state index is 0. The molecule has 1 heterocycles. The molecule has 0 aliphatic rings. The Morgan fingerprint density at radius 3 is 2.62 bits per heavy atom. The van der Waals surface area contributed by atoms with E-state index >= 15 is 0 Å². The first-order valence-corrected chi connectivity index (χ1v) is 5.46. The highest BCUT2D eigenvalue weighted by Crippen LogP contribution is 2.27. The average molecular weight is 304 g/mol. The molecule has 0 aromatic carbocycles. The van der Waals surface area contributed by atoms with Crippen LogP contribution in [0, 0.1) is 0 Å². The van der Waals surface area contributed by atoms with Crippen molar-refractivity contribution in [1.82, 2.24) is 4.98 Å². The molecule has 0 fully saturated rings. The van der Waals surface area contributed by atoms with E-state index in [4.69, 9.17) is 17.2 Å². The summed E-state index contributed by atoms with van der Waals surface area (Å²) in [6.45, 7) is 0.587. The lowest BCUT2D eigenvalue weighted by atomic mass is 10.2. The van der Waals surface area contributed by atoms with E-state index in [0.29, 0.717) is 11.7 Å². The Hall–Kier alpha value is -0.210. The van der Waals surface area contributed by atoms with Gasteiger partial charge in [0.05, 0.1) is 5.69 Å². The van der Waals surface area contributed by atoms with E-state index in [1.165, 1.54) is 11.3 Å². The van der Waals surface area contributed by atoms with Crippen molar-refractivity contribution in [3.8, 4) is 0 Å². The number of rotatable bonds is 4. The number of thiazole rings is 1. The van der Waals surface area contributed by atoms with Crippen LogP contribution in [0.4, 0.5) is 5.13 Å². The summed E-state index contributed by atoms with van der Waals surface area (Å²) >= 11 is 5.74. The molecular formula is C7H15Cl2N5S2. The molecule has 0 bridgehead atoms. The van der Waals surface area contributed by atoms with Gasteiger partial charge in [0, 0.05) is 10.6 Å². The molecular weight excluding hydrogens is 289 g/mol. The molecule has 1 rings (SSSR count). The zero-order valence-corrected chi connectivity index (χ0v) is 11.7. The summed E-state index contributed by atoms with van der Waals surface area (Å²) in [5.41, 5.74) is 16.7. The van der Waals surface area contributed by atoms with Gasteiger partial charge in [0.15, 0.2) is 5.96 Å². The van der Waals surface area contributed by atoms with Crippen LogP contribution in [0.2, 0.25) is 0 Å². The molecule has 6 N–H and O–H groups in total. The van der Waals surface area contributed by atoms with E-state index in [-0.39, 0.29) is 36.0 Å². The summed E-state index contributed by atoms with van der Waals surface area (Å²) in [5.74, 6) is 0.0143. The van der Waals surface area contributed by atoms with Crippen molar-refractivity contribution in [2.24, 2.45) is 22.2 Å². The number of hydrogen-bond donors (Lipinski definition) is 4. The number of hydrogen-bond acceptors (Lipinski definition) is 5. The molecule has 9 heteroatoms. The number of aliphatic imine (C=N–C) groups is 1. The summed E-state index contributed by atoms with van der Waals surface area (Å²) < 4.78 is 0. The molecule has 5 nitrogen and oxygen atoms in total. The van der Waals surface area contributed by atoms with Gasteiger partial charge in [-0.2, -0.15) is 17.6 Å². The van der Waals surface area contributed by atoms with Crippen molar-refractivity contribution >= 4 is 59.9 Å². The van der Waals surface area contributed by atoms with Crippen molar-refractivity contribution in [1.29, 1.82) is 0 Å². The maximum absolute atomic E-state index is 5.41. The van der Waals surface area contributed by atoms with E-state index in [9.17, 15) is 0 Å². The minimum absolute atomic E-state index is 0. The van der Waals surface area contributed by atoms with E-state index < -0.39 is 0 Å². The Balaban J connectivity index is 0. The summed E-state index contributed by atoms with van der Waals surface area (Å²) in [6.07, 6.45) is 0.786. The maximum atomic E-state index is 5.41. The molecule has 1 atom stereocenters. The van der Waals surface area contributed by atoms with Gasteiger partial charge in [0.1, 0.15) is 0 Å². The fourth-order valence-electron chi connectivity index (χ4n) is 0.897. The van der Waals surface area contributed by atoms with Crippen LogP contribution in [0.1, 0.15) is 17.4 Å². The standard InChI is InChI=1S/C7H13N5S2.2ClH/c8-2-1-5(13)4-3-14-7(11-4)12-6(9)10;;/h3,5,13H,1-2,8H2,(H4,9,10,11,12);2*1H. The first-order valence-electron chi connectivity index (χ1n) is 4.06. The third-order valence-electron chi connectivity index (χ3n) is 1.52. The van der Waals surface area contributed by atoms with Crippen molar-refractivity contribution in [3.05, 3.63) is 11.1 Å². The smallest absolute Gasteiger partial charge is 0.212 e. The van der Waals surface area contributed by atoms with E-state index in [1.807, 2.05) is 5.38 Å². The second-order valence-electron chi connectivity index (χ2n) is 2.68. The van der Waals surface area contributed by atoms with E-state index in [0.717, 1.165) is 12.1 Å². The van der Waals surface area contributed by atoms with Gasteiger partial charge in [-0.05, 0) is 13.0 Å². The Morgan fingerprint density at radius 2 is 2.12 bits per heavy atom. The Labute approximate surface area is 116 Å². The van der Waals surface area contributed by atoms with E-state index in [2.05, 4.69) is 22.6 Å². The highest BCUT2D eigenvalue weighted by molar-refractivity contribution is 7.80. The number of aromatic nitrogens is 1. The molecule has 0 aliphatic carbocycles. The quantitative estimate of drug-likeness (QED) is 0.381. The lowest BCUT2D eigenvalue weighted by Gasteiger charge is -2.03. The zero-order chi connectivity index (χ0) is 10.6. The van der Waals surface area contributed by atoms with Crippen molar-refractivity contribution in [2.75, 3.05) is 6.54 Å². The molecule has 0 saturated heterocycles. The largest absolute Gasteiger partial charge is 0.370 e. The molecule has 0 spiro atoms. The molecule has 0 amide bonds. The third kappa shape index (κ3) is 5.76. The number of nitrogens with zero attached hydrogens (tertiary/aromatic N) is 2. The van der Waals surface area contributed by atoms with Gasteiger partial charge in [-0.1, -0.05) is 0 Å². The summed E-state index contributed by atoms with van der Waals surface area (Å²) in [7, 11) is 0. The molecule has 1 aromatic heterocycles. The van der Waals surface area contributed by atoms with Crippen LogP contribution >= 0.6 is 48.8 Å². The first kappa shape index (κ1) is 18.2. The SMILES string of the molecule is Cl.Cl.NCCC(S)c1csc(N=C(N)N)n1. The molecule has 94 valence electrons. The fraction of sp³-hybridized carbons (Fsp3) is 0.429. The third-order valence-corrected chi connectivity index (χ3v) is 2.79. The van der Waals surface area contributed by atoms with Crippen LogP contribution in [0.25, 0.3) is 0 Å². The molecule has 0 aliphatic heterocycles. The monoisotopic (exact) mass is 303 g/mol. The van der Waals surface area contributed by atoms with Gasteiger partial charge in [0.25, 0.3) is 0 Å². The Kier molecular flexibility index (Phi) is 10.1. The highest BCUT2D eigenvalue weighted by atomic mass is 35.5. The second kappa shape index (κ2) is 8.89. The predicted molar refractivity (Wildman–Crippen MR) is 77.5 cm³/mol. The summed E-state index contributed by atoms with van der Waals surface area (Å²) in [5, 5.41) is 2.49. The van der Waals surface area contributed by atoms with Gasteiger partial charge in [-0.3, -0.25) is 0 Å². The summed E-state index contributed by atoms with van der Waals surface area (Å²) in [6, 6.07) is 0. The molecule has 0 saturated carbocycles. The van der Waals surface area contributed by atoms with Gasteiger partial charge >= 0.3 is 0 Å². The average Bonchev–Trinajstić information content (AvgIpc) is 2.52. The van der Waals surface area contributed by atoms with Gasteiger partial charge < -0.3 is 17.2 Å². The number of halogens is 2. The van der Waals surface area contributed by atoms with Crippen LogP contribution in [-0.2, 0) is 0 Å². The molecule has 0 radical (unpaired) electrons. The predicted octanol–water partition coefficient (Wildman–Crippen LogP) is 1.21. The normalized spacial score (nSPS) is 10.9. The Bertz CT molecular complexity index is 326. The summed E-state index contributed by atoms with van der Waals surface area (Å²) in [4.78, 5) is 8.05. The zero-order valence-electron chi connectivity index (χ0n) is 8.37. The lowest BCUT2D eigenvalue weighted by Crippen LogP contribution is -2.21.